The zero-order valence-corrected chi connectivity index (χ0v) is 12.1. The average molecular weight is 293 g/mol. The van der Waals surface area contributed by atoms with E-state index in [2.05, 4.69) is 5.32 Å². The molecule has 6 nitrogen and oxygen atoms in total. The molecule has 21 heavy (non-hydrogen) atoms. The number of amides is 1. The lowest BCUT2D eigenvalue weighted by Gasteiger charge is -2.26. The van der Waals surface area contributed by atoms with Crippen molar-refractivity contribution < 1.29 is 24.2 Å². The quantitative estimate of drug-likeness (QED) is 0.865. The van der Waals surface area contributed by atoms with Crippen molar-refractivity contribution in [2.75, 3.05) is 14.2 Å². The van der Waals surface area contributed by atoms with Gasteiger partial charge in [-0.15, -0.1) is 0 Å². The summed E-state index contributed by atoms with van der Waals surface area (Å²) >= 11 is 0. The molecule has 0 heterocycles. The summed E-state index contributed by atoms with van der Waals surface area (Å²) in [6.45, 7) is 0. The van der Waals surface area contributed by atoms with Gasteiger partial charge in [0.15, 0.2) is 0 Å². The van der Waals surface area contributed by atoms with Crippen molar-refractivity contribution in [3.63, 3.8) is 0 Å². The minimum absolute atomic E-state index is 0.218. The smallest absolute Gasteiger partial charge is 0.329 e. The van der Waals surface area contributed by atoms with Gasteiger partial charge in [0.05, 0.1) is 14.2 Å². The standard InChI is InChI=1S/C15H19NO5/c1-20-10-6-5-7-11(21-2)12(10)13(17)16-15(14(18)19)8-3-4-9-15/h5-7H,3-4,8-9H2,1-2H3,(H,16,17)(H,18,19). The van der Waals surface area contributed by atoms with Crippen LogP contribution < -0.4 is 14.8 Å². The summed E-state index contributed by atoms with van der Waals surface area (Å²) in [7, 11) is 2.90. The predicted molar refractivity (Wildman–Crippen MR) is 75.8 cm³/mol. The molecule has 1 aliphatic carbocycles. The van der Waals surface area contributed by atoms with Crippen LogP contribution in [0, 0.1) is 0 Å². The molecular formula is C15H19NO5. The number of carbonyl (C=O) groups excluding carboxylic acids is 1. The molecule has 0 spiro atoms. The van der Waals surface area contributed by atoms with Crippen molar-refractivity contribution in [3.8, 4) is 11.5 Å². The van der Waals surface area contributed by atoms with Crippen LogP contribution in [0.2, 0.25) is 0 Å². The number of carbonyl (C=O) groups is 2. The number of hydrogen-bond donors (Lipinski definition) is 2. The molecule has 2 N–H and O–H groups in total. The maximum absolute atomic E-state index is 12.5. The molecule has 1 saturated carbocycles. The van der Waals surface area contributed by atoms with Crippen LogP contribution in [-0.2, 0) is 4.79 Å². The topological polar surface area (TPSA) is 84.9 Å². The molecule has 0 unspecified atom stereocenters. The summed E-state index contributed by atoms with van der Waals surface area (Å²) in [6, 6.07) is 4.98. The van der Waals surface area contributed by atoms with Crippen LogP contribution in [-0.4, -0.2) is 36.7 Å². The van der Waals surface area contributed by atoms with E-state index in [4.69, 9.17) is 9.47 Å². The van der Waals surface area contributed by atoms with Crippen LogP contribution >= 0.6 is 0 Å². The van der Waals surface area contributed by atoms with E-state index in [0.29, 0.717) is 24.3 Å². The average Bonchev–Trinajstić information content (AvgIpc) is 2.96. The molecule has 0 saturated heterocycles. The second-order valence-electron chi connectivity index (χ2n) is 5.09. The first-order valence-corrected chi connectivity index (χ1v) is 6.81. The highest BCUT2D eigenvalue weighted by Gasteiger charge is 2.43. The van der Waals surface area contributed by atoms with E-state index in [-0.39, 0.29) is 5.56 Å². The van der Waals surface area contributed by atoms with Crippen molar-refractivity contribution >= 4 is 11.9 Å². The molecule has 2 rings (SSSR count). The second kappa shape index (κ2) is 6.03. The summed E-state index contributed by atoms with van der Waals surface area (Å²) in [4.78, 5) is 24.1. The number of nitrogens with one attached hydrogen (secondary N) is 1. The molecule has 1 aromatic rings. The Morgan fingerprint density at radius 2 is 1.67 bits per heavy atom. The maximum atomic E-state index is 12.5. The number of methoxy groups -OCH3 is 2. The first-order valence-electron chi connectivity index (χ1n) is 6.81. The first-order chi connectivity index (χ1) is 10.0. The van der Waals surface area contributed by atoms with E-state index in [1.54, 1.807) is 18.2 Å². The lowest BCUT2D eigenvalue weighted by atomic mass is 9.97. The fourth-order valence-corrected chi connectivity index (χ4v) is 2.73. The first kappa shape index (κ1) is 15.2. The van der Waals surface area contributed by atoms with E-state index in [9.17, 15) is 14.7 Å². The maximum Gasteiger partial charge on any atom is 0.329 e. The Kier molecular flexibility index (Phi) is 4.35. The van der Waals surface area contributed by atoms with Gasteiger partial charge in [-0.05, 0) is 25.0 Å². The van der Waals surface area contributed by atoms with E-state index in [0.717, 1.165) is 12.8 Å². The van der Waals surface area contributed by atoms with E-state index in [1.807, 2.05) is 0 Å². The molecule has 114 valence electrons. The molecular weight excluding hydrogens is 274 g/mol. The Hall–Kier alpha value is -2.24. The molecule has 1 aromatic carbocycles. The van der Waals surface area contributed by atoms with Crippen LogP contribution in [0.5, 0.6) is 11.5 Å². The molecule has 0 aromatic heterocycles. The molecule has 1 aliphatic rings. The van der Waals surface area contributed by atoms with Gasteiger partial charge >= 0.3 is 5.97 Å². The lowest BCUT2D eigenvalue weighted by molar-refractivity contribution is -0.144. The van der Waals surface area contributed by atoms with Crippen molar-refractivity contribution in [2.45, 2.75) is 31.2 Å². The van der Waals surface area contributed by atoms with Gasteiger partial charge in [-0.2, -0.15) is 0 Å². The van der Waals surface area contributed by atoms with Gasteiger partial charge in [-0.1, -0.05) is 18.9 Å². The number of hydrogen-bond acceptors (Lipinski definition) is 4. The van der Waals surface area contributed by atoms with Crippen LogP contribution in [0.4, 0.5) is 0 Å². The van der Waals surface area contributed by atoms with Crippen molar-refractivity contribution in [1.82, 2.24) is 5.32 Å². The highest BCUT2D eigenvalue weighted by atomic mass is 16.5. The van der Waals surface area contributed by atoms with Crippen LogP contribution in [0.15, 0.2) is 18.2 Å². The summed E-state index contributed by atoms with van der Waals surface area (Å²) < 4.78 is 10.4. The Labute approximate surface area is 123 Å². The van der Waals surface area contributed by atoms with E-state index < -0.39 is 17.4 Å². The highest BCUT2D eigenvalue weighted by molar-refractivity contribution is 6.02. The number of benzene rings is 1. The number of ether oxygens (including phenoxy) is 2. The van der Waals surface area contributed by atoms with Gasteiger partial charge < -0.3 is 19.9 Å². The fraction of sp³-hybridized carbons (Fsp3) is 0.467. The number of carboxylic acids is 1. The lowest BCUT2D eigenvalue weighted by Crippen LogP contribution is -2.52. The van der Waals surface area contributed by atoms with Gasteiger partial charge in [0.25, 0.3) is 5.91 Å². The third-order valence-corrected chi connectivity index (χ3v) is 3.87. The van der Waals surface area contributed by atoms with Crippen LogP contribution in [0.3, 0.4) is 0 Å². The number of rotatable bonds is 5. The van der Waals surface area contributed by atoms with E-state index in [1.165, 1.54) is 14.2 Å². The zero-order valence-electron chi connectivity index (χ0n) is 12.1. The fourth-order valence-electron chi connectivity index (χ4n) is 2.73. The van der Waals surface area contributed by atoms with Crippen molar-refractivity contribution in [1.29, 1.82) is 0 Å². The SMILES string of the molecule is COc1cccc(OC)c1C(=O)NC1(C(=O)O)CCCC1. The minimum Gasteiger partial charge on any atom is -0.496 e. The van der Waals surface area contributed by atoms with Crippen molar-refractivity contribution in [2.24, 2.45) is 0 Å². The monoisotopic (exact) mass is 293 g/mol. The number of aliphatic carboxylic acids is 1. The van der Waals surface area contributed by atoms with E-state index >= 15 is 0 Å². The summed E-state index contributed by atoms with van der Waals surface area (Å²) in [5, 5.41) is 12.1. The van der Waals surface area contributed by atoms with Gasteiger partial charge in [0.2, 0.25) is 0 Å². The Morgan fingerprint density at radius 3 is 2.10 bits per heavy atom. The Morgan fingerprint density at radius 1 is 1.14 bits per heavy atom. The largest absolute Gasteiger partial charge is 0.496 e. The zero-order chi connectivity index (χ0) is 15.5. The van der Waals surface area contributed by atoms with Gasteiger partial charge in [-0.3, -0.25) is 4.79 Å². The highest BCUT2D eigenvalue weighted by Crippen LogP contribution is 2.33. The molecule has 0 radical (unpaired) electrons. The summed E-state index contributed by atoms with van der Waals surface area (Å²) in [5.41, 5.74) is -0.974. The summed E-state index contributed by atoms with van der Waals surface area (Å²) in [5.74, 6) is -0.786. The minimum atomic E-state index is -1.19. The molecule has 0 aliphatic heterocycles. The molecule has 6 heteroatoms. The normalized spacial score (nSPS) is 16.3. The molecule has 1 fully saturated rings. The molecule has 0 atom stereocenters. The van der Waals surface area contributed by atoms with Gasteiger partial charge in [-0.25, -0.2) is 4.79 Å². The van der Waals surface area contributed by atoms with Crippen LogP contribution in [0.25, 0.3) is 0 Å². The molecule has 0 bridgehead atoms. The Balaban J connectivity index is 2.34. The van der Waals surface area contributed by atoms with Crippen molar-refractivity contribution in [3.05, 3.63) is 23.8 Å². The van der Waals surface area contributed by atoms with Gasteiger partial charge in [0.1, 0.15) is 22.6 Å². The number of carboxylic acid groups (broad SMARTS) is 1. The van der Waals surface area contributed by atoms with Crippen LogP contribution in [0.1, 0.15) is 36.0 Å². The summed E-state index contributed by atoms with van der Waals surface area (Å²) in [6.07, 6.45) is 2.45. The predicted octanol–water partition coefficient (Wildman–Crippen LogP) is 1.83. The van der Waals surface area contributed by atoms with Gasteiger partial charge in [0, 0.05) is 0 Å². The Bertz CT molecular complexity index is 527. The molecule has 1 amide bonds. The third-order valence-electron chi connectivity index (χ3n) is 3.87. The second-order valence-corrected chi connectivity index (χ2v) is 5.09. The third kappa shape index (κ3) is 2.79.